The number of amides is 1. The van der Waals surface area contributed by atoms with E-state index < -0.39 is 41.7 Å². The van der Waals surface area contributed by atoms with Crippen LogP contribution in [0, 0.1) is 11.8 Å². The van der Waals surface area contributed by atoms with Crippen LogP contribution in [-0.2, 0) is 28.6 Å². The van der Waals surface area contributed by atoms with Crippen LogP contribution in [-0.4, -0.2) is 56.2 Å². The van der Waals surface area contributed by atoms with Crippen LogP contribution in [0.2, 0.25) is 0 Å². The number of hydrogen-bond donors (Lipinski definition) is 1. The number of nitrogens with one attached hydrogen (secondary N) is 1. The zero-order valence-electron chi connectivity index (χ0n) is 16.5. The average molecular weight is 402 g/mol. The first kappa shape index (κ1) is 21.8. The molecular formula is C20H22N2O7. The molecule has 154 valence electrons. The lowest BCUT2D eigenvalue weighted by atomic mass is 9.87. The quantitative estimate of drug-likeness (QED) is 0.415. The third-order valence-electron chi connectivity index (χ3n) is 4.58. The highest BCUT2D eigenvalue weighted by molar-refractivity contribution is 6.06. The van der Waals surface area contributed by atoms with E-state index in [9.17, 15) is 19.2 Å². The summed E-state index contributed by atoms with van der Waals surface area (Å²) in [5, 5.41) is 3.29. The van der Waals surface area contributed by atoms with E-state index in [2.05, 4.69) is 19.8 Å². The molecule has 1 aromatic heterocycles. The van der Waals surface area contributed by atoms with E-state index in [1.165, 1.54) is 6.92 Å². The number of para-hydroxylation sites is 1. The third-order valence-corrected chi connectivity index (χ3v) is 4.58. The van der Waals surface area contributed by atoms with Crippen LogP contribution in [0.3, 0.4) is 0 Å². The molecule has 2 rings (SSSR count). The molecule has 1 amide bonds. The summed E-state index contributed by atoms with van der Waals surface area (Å²) in [4.78, 5) is 53.7. The van der Waals surface area contributed by atoms with Gasteiger partial charge >= 0.3 is 17.9 Å². The van der Waals surface area contributed by atoms with Gasteiger partial charge in [-0.1, -0.05) is 25.1 Å². The van der Waals surface area contributed by atoms with Crippen LogP contribution >= 0.6 is 0 Å². The van der Waals surface area contributed by atoms with Gasteiger partial charge in [0, 0.05) is 17.5 Å². The Kier molecular flexibility index (Phi) is 7.24. The average Bonchev–Trinajstić information content (AvgIpc) is 2.75. The van der Waals surface area contributed by atoms with Crippen molar-refractivity contribution < 1.29 is 33.4 Å². The highest BCUT2D eigenvalue weighted by Crippen LogP contribution is 2.22. The minimum atomic E-state index is -1.43. The van der Waals surface area contributed by atoms with Gasteiger partial charge in [-0.15, -0.1) is 0 Å². The van der Waals surface area contributed by atoms with Crippen molar-refractivity contribution in [2.45, 2.75) is 13.0 Å². The van der Waals surface area contributed by atoms with Gasteiger partial charge < -0.3 is 19.5 Å². The molecule has 29 heavy (non-hydrogen) atoms. The summed E-state index contributed by atoms with van der Waals surface area (Å²) in [7, 11) is 3.36. The van der Waals surface area contributed by atoms with Crippen molar-refractivity contribution in [1.82, 2.24) is 10.3 Å². The van der Waals surface area contributed by atoms with E-state index >= 15 is 0 Å². The van der Waals surface area contributed by atoms with Gasteiger partial charge in [-0.3, -0.25) is 19.4 Å². The van der Waals surface area contributed by atoms with Crippen molar-refractivity contribution in [3.63, 3.8) is 0 Å². The van der Waals surface area contributed by atoms with E-state index in [1.807, 2.05) is 0 Å². The predicted molar refractivity (Wildman–Crippen MR) is 102 cm³/mol. The van der Waals surface area contributed by atoms with Gasteiger partial charge in [0.05, 0.1) is 32.4 Å². The number of aromatic nitrogens is 1. The standard InChI is InChI=1S/C20H22N2O7/c1-11(14(18(24)27-2)19(25)28-3)15(20(26)29-4)22-17(23)13-9-5-7-12-8-6-10-21-16(12)13/h5-11,14-15H,1-4H3,(H,22,23)/t11-,15+/m0/s1. The van der Waals surface area contributed by atoms with E-state index in [-0.39, 0.29) is 5.56 Å². The molecule has 0 fully saturated rings. The molecule has 0 aliphatic heterocycles. The number of methoxy groups -OCH3 is 3. The molecule has 0 spiro atoms. The van der Waals surface area contributed by atoms with Gasteiger partial charge in [-0.2, -0.15) is 0 Å². The molecule has 0 aliphatic carbocycles. The lowest BCUT2D eigenvalue weighted by Gasteiger charge is -2.27. The van der Waals surface area contributed by atoms with Crippen molar-refractivity contribution in [2.75, 3.05) is 21.3 Å². The summed E-state index contributed by atoms with van der Waals surface area (Å²) in [6.45, 7) is 1.45. The maximum absolute atomic E-state index is 12.9. The molecule has 9 nitrogen and oxygen atoms in total. The zero-order chi connectivity index (χ0) is 21.6. The van der Waals surface area contributed by atoms with Crippen LogP contribution in [0.1, 0.15) is 17.3 Å². The Hall–Kier alpha value is -3.49. The van der Waals surface area contributed by atoms with Crippen molar-refractivity contribution in [3.05, 3.63) is 42.1 Å². The lowest BCUT2D eigenvalue weighted by Crippen LogP contribution is -2.51. The Morgan fingerprint density at radius 3 is 2.07 bits per heavy atom. The SMILES string of the molecule is COC(=O)C(C(=O)OC)[C@H](C)[C@@H](NC(=O)c1cccc2cccnc12)C(=O)OC. The van der Waals surface area contributed by atoms with Crippen LogP contribution in [0.15, 0.2) is 36.5 Å². The predicted octanol–water partition coefficient (Wildman–Crippen LogP) is 1.10. The Morgan fingerprint density at radius 2 is 1.48 bits per heavy atom. The molecule has 2 aromatic rings. The molecule has 0 saturated heterocycles. The van der Waals surface area contributed by atoms with Crippen molar-refractivity contribution >= 4 is 34.7 Å². The summed E-state index contributed by atoms with van der Waals surface area (Å²) in [5.41, 5.74) is 0.679. The number of hydrogen-bond acceptors (Lipinski definition) is 8. The molecule has 9 heteroatoms. The van der Waals surface area contributed by atoms with Crippen LogP contribution in [0.4, 0.5) is 0 Å². The number of esters is 3. The minimum absolute atomic E-state index is 0.233. The summed E-state index contributed by atoms with van der Waals surface area (Å²) in [6, 6.07) is 7.26. The highest BCUT2D eigenvalue weighted by Gasteiger charge is 2.42. The molecule has 1 N–H and O–H groups in total. The van der Waals surface area contributed by atoms with Gasteiger partial charge in [0.1, 0.15) is 6.04 Å². The highest BCUT2D eigenvalue weighted by atomic mass is 16.5. The van der Waals surface area contributed by atoms with Crippen LogP contribution < -0.4 is 5.32 Å². The van der Waals surface area contributed by atoms with E-state index in [0.29, 0.717) is 5.52 Å². The number of fused-ring (bicyclic) bond motifs is 1. The summed E-state index contributed by atoms with van der Waals surface area (Å²) < 4.78 is 14.1. The normalized spacial score (nSPS) is 12.7. The second-order valence-electron chi connectivity index (χ2n) is 6.24. The molecule has 0 saturated carbocycles. The summed E-state index contributed by atoms with van der Waals surface area (Å²) >= 11 is 0. The molecule has 1 heterocycles. The Morgan fingerprint density at radius 1 is 0.897 bits per heavy atom. The number of benzene rings is 1. The molecule has 2 atom stereocenters. The fourth-order valence-electron chi connectivity index (χ4n) is 3.01. The maximum atomic E-state index is 12.9. The van der Waals surface area contributed by atoms with Crippen LogP contribution in [0.25, 0.3) is 10.9 Å². The van der Waals surface area contributed by atoms with Crippen molar-refractivity contribution in [1.29, 1.82) is 0 Å². The number of ether oxygens (including phenoxy) is 3. The Labute approximate surface area is 167 Å². The first-order valence-electron chi connectivity index (χ1n) is 8.73. The number of rotatable bonds is 7. The van der Waals surface area contributed by atoms with Gasteiger partial charge in [-0.25, -0.2) is 4.79 Å². The van der Waals surface area contributed by atoms with Gasteiger partial charge in [-0.05, 0) is 12.1 Å². The molecule has 0 unspecified atom stereocenters. The van der Waals surface area contributed by atoms with E-state index in [4.69, 9.17) is 4.74 Å². The first-order chi connectivity index (χ1) is 13.8. The molecule has 1 aromatic carbocycles. The number of carbonyl (C=O) groups is 4. The number of pyridine rings is 1. The van der Waals surface area contributed by atoms with Gasteiger partial charge in [0.2, 0.25) is 0 Å². The molecule has 0 aliphatic rings. The molecular weight excluding hydrogens is 380 g/mol. The van der Waals surface area contributed by atoms with Crippen LogP contribution in [0.5, 0.6) is 0 Å². The van der Waals surface area contributed by atoms with Gasteiger partial charge in [0.15, 0.2) is 5.92 Å². The second-order valence-corrected chi connectivity index (χ2v) is 6.24. The molecule has 0 radical (unpaired) electrons. The van der Waals surface area contributed by atoms with E-state index in [1.54, 1.807) is 36.5 Å². The third kappa shape index (κ3) is 4.68. The Bertz CT molecular complexity index is 907. The second kappa shape index (κ2) is 9.63. The largest absolute Gasteiger partial charge is 0.468 e. The van der Waals surface area contributed by atoms with Gasteiger partial charge in [0.25, 0.3) is 5.91 Å². The first-order valence-corrected chi connectivity index (χ1v) is 8.73. The zero-order valence-corrected chi connectivity index (χ0v) is 16.5. The smallest absolute Gasteiger partial charge is 0.328 e. The minimum Gasteiger partial charge on any atom is -0.468 e. The van der Waals surface area contributed by atoms with E-state index in [0.717, 1.165) is 26.7 Å². The van der Waals surface area contributed by atoms with Crippen molar-refractivity contribution in [3.8, 4) is 0 Å². The van der Waals surface area contributed by atoms with Crippen molar-refractivity contribution in [2.24, 2.45) is 11.8 Å². The monoisotopic (exact) mass is 402 g/mol. The summed E-state index contributed by atoms with van der Waals surface area (Å²) in [6.07, 6.45) is 1.55. The topological polar surface area (TPSA) is 121 Å². The number of nitrogens with zero attached hydrogens (tertiary/aromatic N) is 1. The lowest BCUT2D eigenvalue weighted by molar-refractivity contribution is -0.162. The fourth-order valence-corrected chi connectivity index (χ4v) is 3.01. The molecule has 0 bridgehead atoms. The Balaban J connectivity index is 2.39. The summed E-state index contributed by atoms with van der Waals surface area (Å²) in [5.74, 6) is -5.64. The maximum Gasteiger partial charge on any atom is 0.328 e. The fraction of sp³-hybridized carbons (Fsp3) is 0.350. The number of carbonyl (C=O) groups excluding carboxylic acids is 4.